The summed E-state index contributed by atoms with van der Waals surface area (Å²) in [5.41, 5.74) is 5.83. The lowest BCUT2D eigenvalue weighted by atomic mass is 10.00. The number of hydrogen-bond donors (Lipinski definition) is 1. The topological polar surface area (TPSA) is 66.9 Å². The minimum absolute atomic E-state index is 0.00700. The third kappa shape index (κ3) is 4.56. The molecular weight excluding hydrogens is 452 g/mol. The zero-order valence-corrected chi connectivity index (χ0v) is 20.8. The number of rotatable bonds is 6. The smallest absolute Gasteiger partial charge is 0.252 e. The predicted octanol–water partition coefficient (Wildman–Crippen LogP) is 3.82. The number of pyridine rings is 1. The van der Waals surface area contributed by atoms with Gasteiger partial charge in [-0.25, -0.2) is 4.98 Å². The largest absolute Gasteiger partial charge is 0.454 e. The number of allylic oxidation sites excluding steroid dienone is 1. The van der Waals surface area contributed by atoms with Crippen molar-refractivity contribution in [2.45, 2.75) is 19.3 Å². The number of aromatic nitrogens is 1. The molecule has 1 aliphatic carbocycles. The van der Waals surface area contributed by atoms with E-state index in [0.717, 1.165) is 102 Å². The van der Waals surface area contributed by atoms with Crippen LogP contribution in [-0.4, -0.2) is 73.8 Å². The number of para-hydroxylation sites is 1. The highest BCUT2D eigenvalue weighted by Gasteiger charge is 2.27. The van der Waals surface area contributed by atoms with Gasteiger partial charge in [-0.15, -0.1) is 0 Å². The van der Waals surface area contributed by atoms with Gasteiger partial charge in [0.25, 0.3) is 5.91 Å². The van der Waals surface area contributed by atoms with Crippen LogP contribution in [0, 0.1) is 0 Å². The summed E-state index contributed by atoms with van der Waals surface area (Å²) in [6, 6.07) is 14.0. The van der Waals surface area contributed by atoms with E-state index in [2.05, 4.69) is 28.2 Å². The van der Waals surface area contributed by atoms with Gasteiger partial charge in [0.15, 0.2) is 11.5 Å². The highest BCUT2D eigenvalue weighted by atomic mass is 16.7. The SMILES string of the molecule is CN1CCN(CCCNC(=O)c2c3c(nc4ccccc24)/C(=C\c2ccc4c(c2)OCO4)CC3)CC1. The predicted molar refractivity (Wildman–Crippen MR) is 141 cm³/mol. The number of amides is 1. The van der Waals surface area contributed by atoms with Gasteiger partial charge in [0.2, 0.25) is 6.79 Å². The van der Waals surface area contributed by atoms with E-state index in [1.165, 1.54) is 0 Å². The standard InChI is InChI=1S/C29H32N4O3/c1-32-13-15-33(16-14-32)12-4-11-30-29(34)27-22-5-2-3-6-24(22)31-28-21(8-9-23(27)28)17-20-7-10-25-26(18-20)36-19-35-25/h2-3,5-7,10,17-18H,4,8-9,11-16,19H2,1H3,(H,30,34)/b21-17-. The fourth-order valence-electron chi connectivity index (χ4n) is 5.41. The van der Waals surface area contributed by atoms with Gasteiger partial charge < -0.3 is 24.6 Å². The molecule has 7 nitrogen and oxygen atoms in total. The Morgan fingerprint density at radius 1 is 1.06 bits per heavy atom. The molecule has 186 valence electrons. The quantitative estimate of drug-likeness (QED) is 0.537. The lowest BCUT2D eigenvalue weighted by Crippen LogP contribution is -2.45. The maximum absolute atomic E-state index is 13.5. The summed E-state index contributed by atoms with van der Waals surface area (Å²) < 4.78 is 11.0. The summed E-state index contributed by atoms with van der Waals surface area (Å²) in [7, 11) is 2.17. The first kappa shape index (κ1) is 23.0. The molecule has 2 aliphatic heterocycles. The molecule has 36 heavy (non-hydrogen) atoms. The number of carbonyl (C=O) groups excluding carboxylic acids is 1. The average molecular weight is 485 g/mol. The van der Waals surface area contributed by atoms with Gasteiger partial charge in [-0.2, -0.15) is 0 Å². The van der Waals surface area contributed by atoms with Crippen LogP contribution in [-0.2, 0) is 6.42 Å². The van der Waals surface area contributed by atoms with Crippen molar-refractivity contribution in [3.63, 3.8) is 0 Å². The summed E-state index contributed by atoms with van der Waals surface area (Å²) in [4.78, 5) is 23.3. The van der Waals surface area contributed by atoms with Crippen LogP contribution >= 0.6 is 0 Å². The summed E-state index contributed by atoms with van der Waals surface area (Å²) in [6.07, 6.45) is 4.79. The molecule has 0 bridgehead atoms. The fourth-order valence-corrected chi connectivity index (χ4v) is 5.41. The minimum atomic E-state index is 0.00700. The average Bonchev–Trinajstić information content (AvgIpc) is 3.53. The molecule has 1 amide bonds. The first-order valence-electron chi connectivity index (χ1n) is 12.9. The van der Waals surface area contributed by atoms with Crippen LogP contribution in [0.15, 0.2) is 42.5 Å². The highest BCUT2D eigenvalue weighted by molar-refractivity contribution is 6.09. The summed E-state index contributed by atoms with van der Waals surface area (Å²) >= 11 is 0. The molecule has 1 N–H and O–H groups in total. The number of fused-ring (bicyclic) bond motifs is 3. The second kappa shape index (κ2) is 9.91. The fraction of sp³-hybridized carbons (Fsp3) is 0.379. The molecule has 0 radical (unpaired) electrons. The Bertz CT molecular complexity index is 1330. The van der Waals surface area contributed by atoms with Crippen molar-refractivity contribution in [3.8, 4) is 11.5 Å². The van der Waals surface area contributed by atoms with Crippen LogP contribution in [0.25, 0.3) is 22.6 Å². The normalized spacial score (nSPS) is 18.6. The van der Waals surface area contributed by atoms with Crippen molar-refractivity contribution in [2.24, 2.45) is 0 Å². The van der Waals surface area contributed by atoms with Crippen molar-refractivity contribution in [2.75, 3.05) is 53.1 Å². The highest BCUT2D eigenvalue weighted by Crippen LogP contribution is 2.39. The van der Waals surface area contributed by atoms with E-state index >= 15 is 0 Å². The second-order valence-corrected chi connectivity index (χ2v) is 9.87. The number of carbonyl (C=O) groups is 1. The lowest BCUT2D eigenvalue weighted by molar-refractivity contribution is 0.0950. The molecule has 6 rings (SSSR count). The monoisotopic (exact) mass is 484 g/mol. The zero-order chi connectivity index (χ0) is 24.5. The van der Waals surface area contributed by atoms with Crippen molar-refractivity contribution < 1.29 is 14.3 Å². The van der Waals surface area contributed by atoms with Crippen LogP contribution in [0.4, 0.5) is 0 Å². The van der Waals surface area contributed by atoms with Gasteiger partial charge in [0.05, 0.1) is 16.8 Å². The van der Waals surface area contributed by atoms with Crippen molar-refractivity contribution in [1.82, 2.24) is 20.1 Å². The maximum atomic E-state index is 13.5. The zero-order valence-electron chi connectivity index (χ0n) is 20.8. The van der Waals surface area contributed by atoms with Crippen molar-refractivity contribution in [3.05, 3.63) is 64.8 Å². The van der Waals surface area contributed by atoms with Crippen LogP contribution in [0.1, 0.15) is 40.0 Å². The third-order valence-corrected chi connectivity index (χ3v) is 7.44. The van der Waals surface area contributed by atoms with E-state index in [0.29, 0.717) is 6.54 Å². The molecule has 1 fully saturated rings. The van der Waals surface area contributed by atoms with Gasteiger partial charge in [0, 0.05) is 38.1 Å². The molecule has 0 unspecified atom stereocenters. The molecule has 1 saturated heterocycles. The lowest BCUT2D eigenvalue weighted by Gasteiger charge is -2.32. The number of piperazine rings is 1. The molecule has 0 atom stereocenters. The summed E-state index contributed by atoms with van der Waals surface area (Å²) in [6.45, 7) is 6.39. The van der Waals surface area contributed by atoms with Crippen LogP contribution in [0.3, 0.4) is 0 Å². The minimum Gasteiger partial charge on any atom is -0.454 e. The number of likely N-dealkylation sites (N-methyl/N-ethyl adjacent to an activating group) is 1. The molecule has 0 saturated carbocycles. The summed E-state index contributed by atoms with van der Waals surface area (Å²) in [5.74, 6) is 1.55. The first-order valence-corrected chi connectivity index (χ1v) is 12.9. The number of benzene rings is 2. The molecule has 7 heteroatoms. The van der Waals surface area contributed by atoms with E-state index in [-0.39, 0.29) is 12.7 Å². The maximum Gasteiger partial charge on any atom is 0.252 e. The van der Waals surface area contributed by atoms with Crippen LogP contribution in [0.2, 0.25) is 0 Å². The molecule has 3 aromatic rings. The first-order chi connectivity index (χ1) is 17.7. The Hall–Kier alpha value is -3.42. The Balaban J connectivity index is 1.23. The van der Waals surface area contributed by atoms with E-state index in [9.17, 15) is 4.79 Å². The van der Waals surface area contributed by atoms with E-state index in [4.69, 9.17) is 14.5 Å². The van der Waals surface area contributed by atoms with Gasteiger partial charge >= 0.3 is 0 Å². The Kier molecular flexibility index (Phi) is 6.34. The van der Waals surface area contributed by atoms with Crippen LogP contribution < -0.4 is 14.8 Å². The number of nitrogens with zero attached hydrogens (tertiary/aromatic N) is 3. The molecule has 3 heterocycles. The van der Waals surface area contributed by atoms with Gasteiger partial charge in [-0.3, -0.25) is 4.79 Å². The molecule has 2 aromatic carbocycles. The van der Waals surface area contributed by atoms with E-state index < -0.39 is 0 Å². The summed E-state index contributed by atoms with van der Waals surface area (Å²) in [5, 5.41) is 4.14. The number of hydrogen-bond acceptors (Lipinski definition) is 6. The number of nitrogens with one attached hydrogen (secondary N) is 1. The molecule has 0 spiro atoms. The van der Waals surface area contributed by atoms with E-state index in [1.54, 1.807) is 0 Å². The Morgan fingerprint density at radius 2 is 1.89 bits per heavy atom. The molecule has 3 aliphatic rings. The van der Waals surface area contributed by atoms with Crippen LogP contribution in [0.5, 0.6) is 11.5 Å². The number of ether oxygens (including phenoxy) is 2. The third-order valence-electron chi connectivity index (χ3n) is 7.44. The molecular formula is C29H32N4O3. The van der Waals surface area contributed by atoms with Gasteiger partial charge in [-0.05, 0) is 73.8 Å². The second-order valence-electron chi connectivity index (χ2n) is 9.87. The molecule has 1 aromatic heterocycles. The Labute approximate surface area is 211 Å². The van der Waals surface area contributed by atoms with E-state index in [1.807, 2.05) is 42.5 Å². The Morgan fingerprint density at radius 3 is 2.78 bits per heavy atom. The van der Waals surface area contributed by atoms with Gasteiger partial charge in [0.1, 0.15) is 0 Å². The van der Waals surface area contributed by atoms with Gasteiger partial charge in [-0.1, -0.05) is 24.3 Å². The van der Waals surface area contributed by atoms with Crippen molar-refractivity contribution in [1.29, 1.82) is 0 Å². The van der Waals surface area contributed by atoms with Crippen molar-refractivity contribution >= 4 is 28.5 Å².